The van der Waals surface area contributed by atoms with Crippen LogP contribution in [0.1, 0.15) is 35.9 Å². The van der Waals surface area contributed by atoms with Gasteiger partial charge in [0.05, 0.1) is 17.7 Å². The first-order valence-corrected chi connectivity index (χ1v) is 5.82. The normalized spacial score (nSPS) is 14.7. The number of fused-ring (bicyclic) bond motifs is 1. The number of carbonyl (C=O) groups is 1. The lowest BCUT2D eigenvalue weighted by molar-refractivity contribution is 0.0697. The molecule has 0 radical (unpaired) electrons. The molecule has 2 aromatic heterocycles. The van der Waals surface area contributed by atoms with E-state index >= 15 is 0 Å². The molecule has 0 amide bonds. The Balaban J connectivity index is 2.81. The van der Waals surface area contributed by atoms with Crippen LogP contribution in [0, 0.1) is 6.92 Å². The van der Waals surface area contributed by atoms with Crippen molar-refractivity contribution in [3.05, 3.63) is 29.6 Å². The van der Waals surface area contributed by atoms with Crippen LogP contribution in [0.2, 0.25) is 0 Å². The Morgan fingerprint density at radius 2 is 2.11 bits per heavy atom. The van der Waals surface area contributed by atoms with Crippen molar-refractivity contribution in [2.24, 2.45) is 0 Å². The van der Waals surface area contributed by atoms with Crippen LogP contribution in [0.15, 0.2) is 18.3 Å². The number of hydrogen-bond donors (Lipinski definition) is 2. The van der Waals surface area contributed by atoms with E-state index in [1.165, 1.54) is 0 Å². The molecule has 2 aromatic rings. The van der Waals surface area contributed by atoms with Crippen molar-refractivity contribution in [3.63, 3.8) is 0 Å². The highest BCUT2D eigenvalue weighted by Crippen LogP contribution is 2.28. The number of aromatic nitrogens is 2. The second-order valence-corrected chi connectivity index (χ2v) is 4.49. The summed E-state index contributed by atoms with van der Waals surface area (Å²) in [6.07, 6.45) is 1.04. The van der Waals surface area contributed by atoms with Gasteiger partial charge in [0.15, 0.2) is 0 Å². The lowest BCUT2D eigenvalue weighted by atomic mass is 10.2. The van der Waals surface area contributed by atoms with Gasteiger partial charge in [0.25, 0.3) is 0 Å². The van der Waals surface area contributed by atoms with Crippen molar-refractivity contribution in [1.29, 1.82) is 0 Å². The van der Waals surface area contributed by atoms with Crippen LogP contribution in [-0.2, 0) is 0 Å². The molecule has 0 saturated carbocycles. The van der Waals surface area contributed by atoms with Crippen molar-refractivity contribution in [3.8, 4) is 0 Å². The second-order valence-electron chi connectivity index (χ2n) is 4.49. The number of nitrogens with zero attached hydrogens (tertiary/aromatic N) is 2. The Labute approximate surface area is 105 Å². The van der Waals surface area contributed by atoms with Crippen LogP contribution in [-0.4, -0.2) is 31.8 Å². The number of aliphatic hydroxyl groups is 1. The third kappa shape index (κ3) is 1.76. The predicted molar refractivity (Wildman–Crippen MR) is 67.8 cm³/mol. The van der Waals surface area contributed by atoms with E-state index in [2.05, 4.69) is 4.98 Å². The molecule has 18 heavy (non-hydrogen) atoms. The second kappa shape index (κ2) is 4.42. The third-order valence-corrected chi connectivity index (χ3v) is 3.33. The maximum Gasteiger partial charge on any atom is 0.338 e. The average Bonchev–Trinajstić information content (AvgIpc) is 2.60. The van der Waals surface area contributed by atoms with Gasteiger partial charge in [0, 0.05) is 17.3 Å². The topological polar surface area (TPSA) is 75.3 Å². The first-order valence-electron chi connectivity index (χ1n) is 5.82. The van der Waals surface area contributed by atoms with Crippen LogP contribution >= 0.6 is 0 Å². The van der Waals surface area contributed by atoms with E-state index in [1.807, 2.05) is 6.92 Å². The number of carboxylic acids is 1. The molecule has 0 saturated heterocycles. The van der Waals surface area contributed by atoms with Crippen molar-refractivity contribution in [1.82, 2.24) is 9.55 Å². The van der Waals surface area contributed by atoms with Gasteiger partial charge in [-0.15, -0.1) is 0 Å². The van der Waals surface area contributed by atoms with Crippen LogP contribution in [0.3, 0.4) is 0 Å². The zero-order chi connectivity index (χ0) is 13.4. The van der Waals surface area contributed by atoms with E-state index in [-0.39, 0.29) is 11.6 Å². The summed E-state index contributed by atoms with van der Waals surface area (Å²) in [6.45, 7) is 5.26. The number of aliphatic hydroxyl groups excluding tert-OH is 1. The van der Waals surface area contributed by atoms with Gasteiger partial charge in [0.1, 0.15) is 5.65 Å². The Hall–Kier alpha value is -1.88. The summed E-state index contributed by atoms with van der Waals surface area (Å²) < 4.78 is 1.78. The largest absolute Gasteiger partial charge is 0.478 e. The maximum absolute atomic E-state index is 11.3. The molecule has 5 nitrogen and oxygen atoms in total. The number of hydrogen-bond acceptors (Lipinski definition) is 3. The summed E-state index contributed by atoms with van der Waals surface area (Å²) in [4.78, 5) is 15.6. The lowest BCUT2D eigenvalue weighted by Crippen LogP contribution is -2.19. The molecule has 0 bridgehead atoms. The molecule has 0 spiro atoms. The summed E-state index contributed by atoms with van der Waals surface area (Å²) in [5, 5.41) is 19.6. The SMILES string of the molecule is Cc1c(C(=O)O)c2cccnc2n1C(C)C(C)O. The molecule has 0 aromatic carbocycles. The van der Waals surface area contributed by atoms with Gasteiger partial charge < -0.3 is 14.8 Å². The van der Waals surface area contributed by atoms with Crippen molar-refractivity contribution < 1.29 is 15.0 Å². The van der Waals surface area contributed by atoms with Crippen LogP contribution in [0.5, 0.6) is 0 Å². The quantitative estimate of drug-likeness (QED) is 0.871. The minimum Gasteiger partial charge on any atom is -0.478 e. The van der Waals surface area contributed by atoms with E-state index in [0.29, 0.717) is 16.7 Å². The Morgan fingerprint density at radius 1 is 1.44 bits per heavy atom. The van der Waals surface area contributed by atoms with Gasteiger partial charge in [-0.25, -0.2) is 9.78 Å². The van der Waals surface area contributed by atoms with Gasteiger partial charge in [-0.2, -0.15) is 0 Å². The molecule has 0 aliphatic heterocycles. The molecule has 2 rings (SSSR count). The molecule has 96 valence electrons. The van der Waals surface area contributed by atoms with Gasteiger partial charge in [-0.1, -0.05) is 0 Å². The number of carboxylic acid groups (broad SMARTS) is 1. The molecular formula is C13H16N2O3. The summed E-state index contributed by atoms with van der Waals surface area (Å²) in [7, 11) is 0. The van der Waals surface area contributed by atoms with Crippen LogP contribution in [0.4, 0.5) is 0 Å². The molecule has 0 aliphatic carbocycles. The van der Waals surface area contributed by atoms with Crippen LogP contribution in [0.25, 0.3) is 11.0 Å². The Bertz CT molecular complexity index is 602. The van der Waals surface area contributed by atoms with Gasteiger partial charge in [-0.05, 0) is 32.9 Å². The van der Waals surface area contributed by atoms with Gasteiger partial charge in [-0.3, -0.25) is 0 Å². The van der Waals surface area contributed by atoms with Gasteiger partial charge in [0.2, 0.25) is 0 Å². The highest BCUT2D eigenvalue weighted by Gasteiger charge is 2.24. The van der Waals surface area contributed by atoms with E-state index in [4.69, 9.17) is 0 Å². The molecule has 5 heteroatoms. The first kappa shape index (κ1) is 12.6. The van der Waals surface area contributed by atoms with Crippen LogP contribution < -0.4 is 0 Å². The molecular weight excluding hydrogens is 232 g/mol. The first-order chi connectivity index (χ1) is 8.45. The summed E-state index contributed by atoms with van der Waals surface area (Å²) in [6, 6.07) is 3.23. The monoisotopic (exact) mass is 248 g/mol. The molecule has 0 fully saturated rings. The van der Waals surface area contributed by atoms with E-state index in [9.17, 15) is 15.0 Å². The van der Waals surface area contributed by atoms with E-state index in [1.54, 1.807) is 36.7 Å². The Kier molecular flexibility index (Phi) is 3.09. The fourth-order valence-electron chi connectivity index (χ4n) is 2.24. The zero-order valence-corrected chi connectivity index (χ0v) is 10.6. The average molecular weight is 248 g/mol. The fourth-order valence-corrected chi connectivity index (χ4v) is 2.24. The standard InChI is InChI=1S/C13H16N2O3/c1-7(9(3)16)15-8(2)11(13(17)18)10-5-4-6-14-12(10)15/h4-7,9,16H,1-3H3,(H,17,18). The summed E-state index contributed by atoms with van der Waals surface area (Å²) in [5.74, 6) is -0.970. The zero-order valence-electron chi connectivity index (χ0n) is 10.6. The fraction of sp³-hybridized carbons (Fsp3) is 0.385. The predicted octanol–water partition coefficient (Wildman–Crippen LogP) is 1.98. The number of aromatic carboxylic acids is 1. The number of pyridine rings is 1. The lowest BCUT2D eigenvalue weighted by Gasteiger charge is -2.19. The smallest absolute Gasteiger partial charge is 0.338 e. The summed E-state index contributed by atoms with van der Waals surface area (Å²) in [5.41, 5.74) is 1.47. The highest BCUT2D eigenvalue weighted by molar-refractivity contribution is 6.04. The molecule has 2 atom stereocenters. The van der Waals surface area contributed by atoms with Crippen molar-refractivity contribution in [2.75, 3.05) is 0 Å². The minimum atomic E-state index is -0.970. The molecule has 2 unspecified atom stereocenters. The maximum atomic E-state index is 11.3. The molecule has 2 N–H and O–H groups in total. The highest BCUT2D eigenvalue weighted by atomic mass is 16.4. The number of rotatable bonds is 3. The Morgan fingerprint density at radius 3 is 2.67 bits per heavy atom. The van der Waals surface area contributed by atoms with Crippen molar-refractivity contribution in [2.45, 2.75) is 32.9 Å². The minimum absolute atomic E-state index is 0.226. The van der Waals surface area contributed by atoms with E-state index < -0.39 is 12.1 Å². The summed E-state index contributed by atoms with van der Waals surface area (Å²) >= 11 is 0. The van der Waals surface area contributed by atoms with Crippen molar-refractivity contribution >= 4 is 17.0 Å². The van der Waals surface area contributed by atoms with Gasteiger partial charge >= 0.3 is 5.97 Å². The third-order valence-electron chi connectivity index (χ3n) is 3.33. The van der Waals surface area contributed by atoms with E-state index in [0.717, 1.165) is 0 Å². The molecule has 0 aliphatic rings. The molecule has 2 heterocycles.